The predicted molar refractivity (Wildman–Crippen MR) is 48.8 cm³/mol. The van der Waals surface area contributed by atoms with Crippen molar-refractivity contribution in [2.75, 3.05) is 33.2 Å². The number of hydrogen-bond acceptors (Lipinski definition) is 2. The van der Waals surface area contributed by atoms with Gasteiger partial charge in [-0.3, -0.25) is 0 Å². The maximum Gasteiger partial charge on any atom is 0.00566 e. The lowest BCUT2D eigenvalue weighted by Crippen LogP contribution is -2.56. The molecular weight excluding hydrogens is 136 g/mol. The molecule has 0 aliphatic carbocycles. The lowest BCUT2D eigenvalue weighted by atomic mass is 9.84. The average molecular weight is 156 g/mol. The van der Waals surface area contributed by atoms with Crippen LogP contribution in [0.2, 0.25) is 0 Å². The first-order valence-corrected chi connectivity index (χ1v) is 4.55. The second kappa shape index (κ2) is 3.55. The van der Waals surface area contributed by atoms with Gasteiger partial charge in [-0.05, 0) is 20.0 Å². The highest BCUT2D eigenvalue weighted by Gasteiger charge is 2.32. The largest absolute Gasteiger partial charge is 0.315 e. The Bertz CT molecular complexity index is 119. The van der Waals surface area contributed by atoms with E-state index >= 15 is 0 Å². The molecule has 1 aliphatic heterocycles. The van der Waals surface area contributed by atoms with E-state index in [1.807, 2.05) is 0 Å². The molecule has 0 atom stereocenters. The zero-order chi connectivity index (χ0) is 8.32. The molecule has 0 bridgehead atoms. The third-order valence-electron chi connectivity index (χ3n) is 2.36. The van der Waals surface area contributed by atoms with Crippen molar-refractivity contribution in [2.24, 2.45) is 5.41 Å². The van der Waals surface area contributed by atoms with Crippen molar-refractivity contribution in [1.82, 2.24) is 10.2 Å². The minimum absolute atomic E-state index is 0.559. The van der Waals surface area contributed by atoms with Crippen LogP contribution in [0.25, 0.3) is 0 Å². The summed E-state index contributed by atoms with van der Waals surface area (Å²) in [5.74, 6) is 0. The van der Waals surface area contributed by atoms with Crippen LogP contribution in [-0.4, -0.2) is 38.1 Å². The van der Waals surface area contributed by atoms with E-state index in [0.29, 0.717) is 5.41 Å². The molecule has 1 aliphatic rings. The topological polar surface area (TPSA) is 15.3 Å². The quantitative estimate of drug-likeness (QED) is 0.651. The SMILES string of the molecule is CCCN(C)CC1(C)CNC1. The molecule has 0 aromatic heterocycles. The maximum absolute atomic E-state index is 3.32. The Kier molecular flexibility index (Phi) is 2.90. The van der Waals surface area contributed by atoms with Gasteiger partial charge in [0.1, 0.15) is 0 Å². The zero-order valence-electron chi connectivity index (χ0n) is 7.98. The molecule has 0 aromatic rings. The van der Waals surface area contributed by atoms with Crippen LogP contribution in [0.1, 0.15) is 20.3 Å². The third-order valence-corrected chi connectivity index (χ3v) is 2.36. The third kappa shape index (κ3) is 2.46. The first-order valence-electron chi connectivity index (χ1n) is 4.55. The van der Waals surface area contributed by atoms with E-state index in [9.17, 15) is 0 Å². The monoisotopic (exact) mass is 156 g/mol. The van der Waals surface area contributed by atoms with Gasteiger partial charge in [0.05, 0.1) is 0 Å². The van der Waals surface area contributed by atoms with Crippen LogP contribution < -0.4 is 5.32 Å². The number of nitrogens with one attached hydrogen (secondary N) is 1. The lowest BCUT2D eigenvalue weighted by Gasteiger charge is -2.42. The number of rotatable bonds is 4. The summed E-state index contributed by atoms with van der Waals surface area (Å²) in [6.07, 6.45) is 1.26. The van der Waals surface area contributed by atoms with Crippen molar-refractivity contribution in [3.05, 3.63) is 0 Å². The van der Waals surface area contributed by atoms with Crippen molar-refractivity contribution < 1.29 is 0 Å². The Hall–Kier alpha value is -0.0800. The highest BCUT2D eigenvalue weighted by atomic mass is 15.1. The molecule has 2 heteroatoms. The Labute approximate surface area is 70.0 Å². The van der Waals surface area contributed by atoms with Crippen LogP contribution in [0.3, 0.4) is 0 Å². The molecule has 11 heavy (non-hydrogen) atoms. The fraction of sp³-hybridized carbons (Fsp3) is 1.00. The van der Waals surface area contributed by atoms with E-state index < -0.39 is 0 Å². The van der Waals surface area contributed by atoms with Gasteiger partial charge in [-0.15, -0.1) is 0 Å². The Morgan fingerprint density at radius 2 is 2.09 bits per heavy atom. The van der Waals surface area contributed by atoms with E-state index in [2.05, 4.69) is 31.1 Å². The zero-order valence-corrected chi connectivity index (χ0v) is 7.98. The average Bonchev–Trinajstić information content (AvgIpc) is 1.85. The van der Waals surface area contributed by atoms with Crippen LogP contribution in [0.15, 0.2) is 0 Å². The first-order chi connectivity index (χ1) is 5.16. The molecular formula is C9H20N2. The van der Waals surface area contributed by atoms with Crippen LogP contribution in [0, 0.1) is 5.41 Å². The molecule has 1 rings (SSSR count). The van der Waals surface area contributed by atoms with Gasteiger partial charge in [0.25, 0.3) is 0 Å². The summed E-state index contributed by atoms with van der Waals surface area (Å²) in [5.41, 5.74) is 0.559. The van der Waals surface area contributed by atoms with Gasteiger partial charge in [-0.25, -0.2) is 0 Å². The van der Waals surface area contributed by atoms with Crippen molar-refractivity contribution in [3.63, 3.8) is 0 Å². The van der Waals surface area contributed by atoms with E-state index in [0.717, 1.165) is 0 Å². The molecule has 1 saturated heterocycles. The molecule has 1 fully saturated rings. The van der Waals surface area contributed by atoms with E-state index in [1.165, 1.54) is 32.6 Å². The van der Waals surface area contributed by atoms with Crippen molar-refractivity contribution in [1.29, 1.82) is 0 Å². The van der Waals surface area contributed by atoms with Gasteiger partial charge < -0.3 is 10.2 Å². The van der Waals surface area contributed by atoms with Crippen molar-refractivity contribution >= 4 is 0 Å². The summed E-state index contributed by atoms with van der Waals surface area (Å²) >= 11 is 0. The predicted octanol–water partition coefficient (Wildman–Crippen LogP) is 0.938. The Morgan fingerprint density at radius 1 is 1.45 bits per heavy atom. The van der Waals surface area contributed by atoms with Gasteiger partial charge >= 0.3 is 0 Å². The number of hydrogen-bond donors (Lipinski definition) is 1. The van der Waals surface area contributed by atoms with Gasteiger partial charge in [0, 0.05) is 25.0 Å². The van der Waals surface area contributed by atoms with Crippen LogP contribution in [0.5, 0.6) is 0 Å². The molecule has 0 amide bonds. The van der Waals surface area contributed by atoms with Gasteiger partial charge in [-0.1, -0.05) is 13.8 Å². The first kappa shape index (κ1) is 9.01. The smallest absolute Gasteiger partial charge is 0.00566 e. The molecule has 66 valence electrons. The van der Waals surface area contributed by atoms with E-state index in [1.54, 1.807) is 0 Å². The molecule has 1 heterocycles. The second-order valence-electron chi connectivity index (χ2n) is 4.15. The lowest BCUT2D eigenvalue weighted by molar-refractivity contribution is 0.125. The summed E-state index contributed by atoms with van der Waals surface area (Å²) in [7, 11) is 2.22. The summed E-state index contributed by atoms with van der Waals surface area (Å²) in [4.78, 5) is 2.43. The summed E-state index contributed by atoms with van der Waals surface area (Å²) in [5, 5.41) is 3.32. The molecule has 0 aromatic carbocycles. The summed E-state index contributed by atoms with van der Waals surface area (Å²) in [6, 6.07) is 0. The summed E-state index contributed by atoms with van der Waals surface area (Å²) in [6.45, 7) is 9.46. The molecule has 0 saturated carbocycles. The summed E-state index contributed by atoms with van der Waals surface area (Å²) < 4.78 is 0. The van der Waals surface area contributed by atoms with Crippen LogP contribution in [0.4, 0.5) is 0 Å². The van der Waals surface area contributed by atoms with Gasteiger partial charge in [-0.2, -0.15) is 0 Å². The Balaban J connectivity index is 2.18. The van der Waals surface area contributed by atoms with E-state index in [-0.39, 0.29) is 0 Å². The van der Waals surface area contributed by atoms with Crippen LogP contribution in [-0.2, 0) is 0 Å². The second-order valence-corrected chi connectivity index (χ2v) is 4.15. The normalized spacial score (nSPS) is 21.8. The maximum atomic E-state index is 3.32. The Morgan fingerprint density at radius 3 is 2.45 bits per heavy atom. The minimum Gasteiger partial charge on any atom is -0.315 e. The standard InChI is InChI=1S/C9H20N2/c1-4-5-11(3)8-9(2)6-10-7-9/h10H,4-8H2,1-3H3. The van der Waals surface area contributed by atoms with Crippen molar-refractivity contribution in [2.45, 2.75) is 20.3 Å². The van der Waals surface area contributed by atoms with E-state index in [4.69, 9.17) is 0 Å². The molecule has 0 radical (unpaired) electrons. The highest BCUT2D eigenvalue weighted by Crippen LogP contribution is 2.21. The fourth-order valence-corrected chi connectivity index (χ4v) is 1.78. The molecule has 2 nitrogen and oxygen atoms in total. The van der Waals surface area contributed by atoms with Gasteiger partial charge in [0.15, 0.2) is 0 Å². The molecule has 1 N–H and O–H groups in total. The molecule has 0 unspecified atom stereocenters. The van der Waals surface area contributed by atoms with Gasteiger partial charge in [0.2, 0.25) is 0 Å². The van der Waals surface area contributed by atoms with Crippen LogP contribution >= 0.6 is 0 Å². The van der Waals surface area contributed by atoms with Crippen molar-refractivity contribution in [3.8, 4) is 0 Å². The fourth-order valence-electron chi connectivity index (χ4n) is 1.78. The highest BCUT2D eigenvalue weighted by molar-refractivity contribution is 4.90. The number of nitrogens with zero attached hydrogens (tertiary/aromatic N) is 1. The minimum atomic E-state index is 0.559. The molecule has 0 spiro atoms.